The molecule has 1 N–H and O–H groups in total. The minimum Gasteiger partial charge on any atom is -0.363 e. The maximum Gasteiger partial charge on any atom is 0.151 e. The number of nitriles is 1. The molecule has 0 bridgehead atoms. The molecule has 3 rings (SSSR count). The number of hydrogen-bond donors (Lipinski definition) is 1. The second-order valence-corrected chi connectivity index (χ2v) is 6.17. The third-order valence-corrected chi connectivity index (χ3v) is 4.47. The first-order valence-electron chi connectivity index (χ1n) is 6.69. The second-order valence-electron chi connectivity index (χ2n) is 5.26. The first-order chi connectivity index (χ1) is 9.64. The van der Waals surface area contributed by atoms with Crippen molar-refractivity contribution in [2.45, 2.75) is 25.3 Å². The molecule has 3 heteroatoms. The number of nitrogens with one attached hydrogen (secondary N) is 1. The Balaban J connectivity index is 2.04. The molecule has 2 aromatic carbocycles. The van der Waals surface area contributed by atoms with Gasteiger partial charge in [0.2, 0.25) is 0 Å². The molecular formula is C17H15BrN2. The smallest absolute Gasteiger partial charge is 0.151 e. The largest absolute Gasteiger partial charge is 0.363 e. The number of fused-ring (bicyclic) bond motifs is 1. The zero-order chi connectivity index (χ0) is 14.2. The van der Waals surface area contributed by atoms with E-state index in [9.17, 15) is 5.26 Å². The Morgan fingerprint density at radius 3 is 2.80 bits per heavy atom. The Labute approximate surface area is 127 Å². The first kappa shape index (κ1) is 13.2. The highest BCUT2D eigenvalue weighted by molar-refractivity contribution is 9.10. The minimum absolute atomic E-state index is 0.609. The van der Waals surface area contributed by atoms with Crippen molar-refractivity contribution in [1.82, 2.24) is 0 Å². The van der Waals surface area contributed by atoms with E-state index in [1.54, 1.807) is 0 Å². The molecule has 0 saturated heterocycles. The summed E-state index contributed by atoms with van der Waals surface area (Å²) in [4.78, 5) is 0. The van der Waals surface area contributed by atoms with E-state index < -0.39 is 5.54 Å². The Bertz CT molecular complexity index is 702. The van der Waals surface area contributed by atoms with Gasteiger partial charge in [-0.2, -0.15) is 5.26 Å². The van der Waals surface area contributed by atoms with Gasteiger partial charge >= 0.3 is 0 Å². The predicted octanol–water partition coefficient (Wildman–Crippen LogP) is 4.53. The van der Waals surface area contributed by atoms with Gasteiger partial charge < -0.3 is 5.32 Å². The first-order valence-corrected chi connectivity index (χ1v) is 7.48. The third-order valence-electron chi connectivity index (χ3n) is 3.98. The summed E-state index contributed by atoms with van der Waals surface area (Å²) in [5.74, 6) is 0. The maximum absolute atomic E-state index is 9.76. The Morgan fingerprint density at radius 1 is 1.25 bits per heavy atom. The maximum atomic E-state index is 9.76. The molecule has 20 heavy (non-hydrogen) atoms. The number of hydrogen-bond acceptors (Lipinski definition) is 2. The summed E-state index contributed by atoms with van der Waals surface area (Å²) in [6.45, 7) is 2.06. The molecule has 2 nitrogen and oxygen atoms in total. The topological polar surface area (TPSA) is 35.8 Å². The average molecular weight is 327 g/mol. The van der Waals surface area contributed by atoms with Crippen molar-refractivity contribution in [3.8, 4) is 6.07 Å². The lowest BCUT2D eigenvalue weighted by Crippen LogP contribution is -2.31. The van der Waals surface area contributed by atoms with E-state index in [0.717, 1.165) is 34.1 Å². The SMILES string of the molecule is Cc1ccccc1NC1(C#N)CCc2cc(Br)ccc21. The van der Waals surface area contributed by atoms with Crippen molar-refractivity contribution in [3.05, 3.63) is 63.6 Å². The molecule has 100 valence electrons. The monoisotopic (exact) mass is 326 g/mol. The number of benzene rings is 2. The fraction of sp³-hybridized carbons (Fsp3) is 0.235. The summed E-state index contributed by atoms with van der Waals surface area (Å²) in [5.41, 5.74) is 3.94. The summed E-state index contributed by atoms with van der Waals surface area (Å²) in [6.07, 6.45) is 1.74. The van der Waals surface area contributed by atoms with Crippen molar-refractivity contribution in [2.75, 3.05) is 5.32 Å². The van der Waals surface area contributed by atoms with Crippen LogP contribution in [0.25, 0.3) is 0 Å². The summed E-state index contributed by atoms with van der Waals surface area (Å²) in [7, 11) is 0. The van der Waals surface area contributed by atoms with E-state index >= 15 is 0 Å². The van der Waals surface area contributed by atoms with Crippen LogP contribution in [0.3, 0.4) is 0 Å². The molecule has 1 aliphatic carbocycles. The lowest BCUT2D eigenvalue weighted by molar-refractivity contribution is 0.620. The van der Waals surface area contributed by atoms with Crippen LogP contribution in [0.5, 0.6) is 0 Å². The van der Waals surface area contributed by atoms with Crippen LogP contribution in [0.4, 0.5) is 5.69 Å². The van der Waals surface area contributed by atoms with Gasteiger partial charge in [-0.3, -0.25) is 0 Å². The van der Waals surface area contributed by atoms with Gasteiger partial charge in [-0.15, -0.1) is 0 Å². The lowest BCUT2D eigenvalue weighted by atomic mass is 9.92. The van der Waals surface area contributed by atoms with E-state index in [4.69, 9.17) is 0 Å². The van der Waals surface area contributed by atoms with Crippen LogP contribution in [0, 0.1) is 18.3 Å². The van der Waals surface area contributed by atoms with Gasteiger partial charge in [-0.25, -0.2) is 0 Å². The van der Waals surface area contributed by atoms with Gasteiger partial charge in [0.15, 0.2) is 5.54 Å². The Kier molecular flexibility index (Phi) is 3.27. The number of anilines is 1. The van der Waals surface area contributed by atoms with Crippen molar-refractivity contribution >= 4 is 21.6 Å². The van der Waals surface area contributed by atoms with Crippen LogP contribution in [-0.4, -0.2) is 0 Å². The number of para-hydroxylation sites is 1. The van der Waals surface area contributed by atoms with Gasteiger partial charge in [0.05, 0.1) is 6.07 Å². The number of aryl methyl sites for hydroxylation is 2. The van der Waals surface area contributed by atoms with Gasteiger partial charge in [-0.05, 0) is 54.7 Å². The van der Waals surface area contributed by atoms with E-state index in [1.807, 2.05) is 24.3 Å². The fourth-order valence-electron chi connectivity index (χ4n) is 2.86. The van der Waals surface area contributed by atoms with Crippen molar-refractivity contribution in [2.24, 2.45) is 0 Å². The average Bonchev–Trinajstić information content (AvgIpc) is 2.80. The summed E-state index contributed by atoms with van der Waals surface area (Å²) < 4.78 is 1.07. The van der Waals surface area contributed by atoms with Crippen LogP contribution >= 0.6 is 15.9 Å². The number of halogens is 1. The predicted molar refractivity (Wildman–Crippen MR) is 84.6 cm³/mol. The highest BCUT2D eigenvalue weighted by atomic mass is 79.9. The van der Waals surface area contributed by atoms with Crippen molar-refractivity contribution in [3.63, 3.8) is 0 Å². The van der Waals surface area contributed by atoms with Crippen LogP contribution in [0.2, 0.25) is 0 Å². The number of nitrogens with zero attached hydrogens (tertiary/aromatic N) is 1. The molecule has 0 radical (unpaired) electrons. The molecule has 2 aromatic rings. The molecule has 0 spiro atoms. The highest BCUT2D eigenvalue weighted by Crippen LogP contribution is 2.40. The van der Waals surface area contributed by atoms with Gasteiger partial charge in [0.25, 0.3) is 0 Å². The second kappa shape index (κ2) is 4.96. The minimum atomic E-state index is -0.609. The quantitative estimate of drug-likeness (QED) is 0.879. The molecular weight excluding hydrogens is 312 g/mol. The normalized spacial score (nSPS) is 20.2. The van der Waals surface area contributed by atoms with Crippen LogP contribution in [0.1, 0.15) is 23.1 Å². The summed E-state index contributed by atoms with van der Waals surface area (Å²) >= 11 is 3.50. The van der Waals surface area contributed by atoms with Gasteiger partial charge in [0, 0.05) is 10.2 Å². The molecule has 0 amide bonds. The fourth-order valence-corrected chi connectivity index (χ4v) is 3.27. The Morgan fingerprint density at radius 2 is 2.05 bits per heavy atom. The highest BCUT2D eigenvalue weighted by Gasteiger charge is 2.39. The van der Waals surface area contributed by atoms with E-state index in [1.165, 1.54) is 5.56 Å². The van der Waals surface area contributed by atoms with E-state index in [2.05, 4.69) is 52.4 Å². The zero-order valence-corrected chi connectivity index (χ0v) is 12.9. The number of rotatable bonds is 2. The third kappa shape index (κ3) is 2.10. The van der Waals surface area contributed by atoms with Crippen molar-refractivity contribution < 1.29 is 0 Å². The van der Waals surface area contributed by atoms with Crippen molar-refractivity contribution in [1.29, 1.82) is 5.26 Å². The van der Waals surface area contributed by atoms with E-state index in [-0.39, 0.29) is 0 Å². The summed E-state index contributed by atoms with van der Waals surface area (Å²) in [6, 6.07) is 16.8. The Hall–Kier alpha value is -1.79. The molecule has 0 fully saturated rings. The summed E-state index contributed by atoms with van der Waals surface area (Å²) in [5, 5.41) is 13.2. The standard InChI is InChI=1S/C17H15BrN2/c1-12-4-2-3-5-16(12)20-17(11-19)9-8-13-10-14(18)6-7-15(13)17/h2-7,10,20H,8-9H2,1H3. The molecule has 1 atom stereocenters. The van der Waals surface area contributed by atoms with Crippen LogP contribution in [-0.2, 0) is 12.0 Å². The lowest BCUT2D eigenvalue weighted by Gasteiger charge is -2.26. The van der Waals surface area contributed by atoms with Gasteiger partial charge in [-0.1, -0.05) is 40.2 Å². The molecule has 1 aliphatic rings. The molecule has 1 unspecified atom stereocenters. The molecule has 0 saturated carbocycles. The zero-order valence-electron chi connectivity index (χ0n) is 11.3. The van der Waals surface area contributed by atoms with Crippen LogP contribution < -0.4 is 5.32 Å². The molecule has 0 aliphatic heterocycles. The molecule has 0 heterocycles. The van der Waals surface area contributed by atoms with Gasteiger partial charge in [0.1, 0.15) is 0 Å². The van der Waals surface area contributed by atoms with Crippen LogP contribution in [0.15, 0.2) is 46.9 Å². The van der Waals surface area contributed by atoms with E-state index in [0.29, 0.717) is 0 Å². The molecule has 0 aromatic heterocycles.